The Morgan fingerprint density at radius 2 is 1.82 bits per heavy atom. The molecule has 1 aromatic heterocycles. The van der Waals surface area contributed by atoms with Crippen molar-refractivity contribution < 1.29 is 29.7 Å². The standard InChI is InChI=1S/C22H30N2O2.C4H4O4/c1-4-14(13-25)8-21(26)15-9-18-17-6-5-7-19-22(17)16(12-23(19)2)10-20(18)24(3)11-15;5-3(6)1-2-4(7)8/h5-7,12,14-15,18,20,25H,4,8-11,13H2,1-3H3;1-2H,(H,5,6)(H,7,8)/b;2-1-/t14-,15-,18?,20-;/m1./s1. The van der Waals surface area contributed by atoms with Gasteiger partial charge in [-0.2, -0.15) is 0 Å². The molecule has 4 atom stereocenters. The van der Waals surface area contributed by atoms with Crippen LogP contribution in [-0.4, -0.2) is 68.7 Å². The van der Waals surface area contributed by atoms with Crippen LogP contribution in [0.5, 0.6) is 0 Å². The van der Waals surface area contributed by atoms with Crippen LogP contribution in [0.1, 0.15) is 43.2 Å². The van der Waals surface area contributed by atoms with Gasteiger partial charge in [-0.1, -0.05) is 25.5 Å². The number of carboxylic acid groups (broad SMARTS) is 2. The fourth-order valence-electron chi connectivity index (χ4n) is 5.38. The molecule has 3 N–H and O–H groups in total. The van der Waals surface area contributed by atoms with Gasteiger partial charge in [0.05, 0.1) is 0 Å². The van der Waals surface area contributed by atoms with E-state index < -0.39 is 11.9 Å². The molecule has 34 heavy (non-hydrogen) atoms. The largest absolute Gasteiger partial charge is 0.478 e. The predicted molar refractivity (Wildman–Crippen MR) is 129 cm³/mol. The quantitative estimate of drug-likeness (QED) is 0.532. The summed E-state index contributed by atoms with van der Waals surface area (Å²) in [5.41, 5.74) is 4.17. The number of carboxylic acids is 2. The molecule has 0 bridgehead atoms. The molecule has 8 heteroatoms. The number of aliphatic hydroxyl groups is 1. The van der Waals surface area contributed by atoms with Gasteiger partial charge in [-0.25, -0.2) is 9.59 Å². The topological polar surface area (TPSA) is 120 Å². The summed E-state index contributed by atoms with van der Waals surface area (Å²) in [5, 5.41) is 26.5. The van der Waals surface area contributed by atoms with E-state index >= 15 is 0 Å². The summed E-state index contributed by atoms with van der Waals surface area (Å²) in [4.78, 5) is 34.4. The van der Waals surface area contributed by atoms with E-state index in [9.17, 15) is 19.5 Å². The highest BCUT2D eigenvalue weighted by Gasteiger charge is 2.41. The molecule has 0 radical (unpaired) electrons. The molecule has 1 aliphatic carbocycles. The van der Waals surface area contributed by atoms with Crippen LogP contribution < -0.4 is 0 Å². The molecule has 8 nitrogen and oxygen atoms in total. The minimum atomic E-state index is -1.26. The van der Waals surface area contributed by atoms with E-state index in [0.29, 0.717) is 36.3 Å². The number of Topliss-reactive ketones (excluding diaryl/α,β-unsaturated/α-hetero) is 1. The van der Waals surface area contributed by atoms with Crippen LogP contribution in [0.25, 0.3) is 10.9 Å². The molecule has 2 aromatic rings. The molecule has 1 unspecified atom stereocenters. The lowest BCUT2D eigenvalue weighted by Crippen LogP contribution is -2.49. The summed E-state index contributed by atoms with van der Waals surface area (Å²) in [6.45, 7) is 3.01. The van der Waals surface area contributed by atoms with Crippen molar-refractivity contribution >= 4 is 28.6 Å². The Kier molecular flexibility index (Phi) is 8.28. The van der Waals surface area contributed by atoms with Crippen LogP contribution in [0.15, 0.2) is 36.5 Å². The van der Waals surface area contributed by atoms with Gasteiger partial charge in [-0.05, 0) is 43.0 Å². The number of ketones is 1. The van der Waals surface area contributed by atoms with Crippen LogP contribution in [0.4, 0.5) is 0 Å². The molecule has 2 aliphatic rings. The van der Waals surface area contributed by atoms with E-state index in [-0.39, 0.29) is 18.4 Å². The van der Waals surface area contributed by atoms with E-state index in [4.69, 9.17) is 10.2 Å². The maximum absolute atomic E-state index is 12.9. The van der Waals surface area contributed by atoms with Crippen molar-refractivity contribution in [2.45, 2.75) is 44.6 Å². The lowest BCUT2D eigenvalue weighted by molar-refractivity contribution is -0.134. The SMILES string of the molecule is CC[C@@H](CO)CC(=O)[C@@H]1CC2c3cccc4c3c(cn4C)C[C@H]2N(C)C1.O=C(O)/C=C\C(=O)O. The molecule has 1 fully saturated rings. The highest BCUT2D eigenvalue weighted by Crippen LogP contribution is 2.45. The first kappa shape index (κ1) is 25.6. The second-order valence-electron chi connectivity index (χ2n) is 9.39. The zero-order chi connectivity index (χ0) is 25.0. The molecule has 1 aromatic carbocycles. The van der Waals surface area contributed by atoms with Gasteiger partial charge in [0.15, 0.2) is 0 Å². The fourth-order valence-corrected chi connectivity index (χ4v) is 5.38. The summed E-state index contributed by atoms with van der Waals surface area (Å²) < 4.78 is 2.24. The molecule has 0 spiro atoms. The molecule has 184 valence electrons. The molecule has 1 aliphatic heterocycles. The van der Waals surface area contributed by atoms with Gasteiger partial charge in [0.25, 0.3) is 0 Å². The number of fused-ring (bicyclic) bond motifs is 2. The Bertz CT molecular complexity index is 1070. The number of carbonyl (C=O) groups excluding carboxylic acids is 1. The number of benzene rings is 1. The van der Waals surface area contributed by atoms with Crippen molar-refractivity contribution in [3.63, 3.8) is 0 Å². The highest BCUT2D eigenvalue weighted by atomic mass is 16.4. The van der Waals surface area contributed by atoms with Crippen LogP contribution >= 0.6 is 0 Å². The Balaban J connectivity index is 0.000000350. The third-order valence-corrected chi connectivity index (χ3v) is 7.18. The Morgan fingerprint density at radius 3 is 2.41 bits per heavy atom. The van der Waals surface area contributed by atoms with Gasteiger partial charge >= 0.3 is 11.9 Å². The van der Waals surface area contributed by atoms with Gasteiger partial charge in [-0.3, -0.25) is 4.79 Å². The lowest BCUT2D eigenvalue weighted by Gasteiger charge is -2.45. The molecular weight excluding hydrogens is 436 g/mol. The molecule has 1 saturated heterocycles. The minimum absolute atomic E-state index is 0.0855. The number of hydrogen-bond donors (Lipinski definition) is 3. The molecule has 0 amide bonds. The first-order valence-electron chi connectivity index (χ1n) is 11.7. The summed E-state index contributed by atoms with van der Waals surface area (Å²) in [6.07, 6.45) is 6.80. The number of likely N-dealkylation sites (tertiary alicyclic amines) is 1. The number of aryl methyl sites for hydroxylation is 1. The van der Waals surface area contributed by atoms with Crippen LogP contribution in [0.2, 0.25) is 0 Å². The summed E-state index contributed by atoms with van der Waals surface area (Å²) in [7, 11) is 4.30. The Morgan fingerprint density at radius 1 is 1.15 bits per heavy atom. The first-order chi connectivity index (χ1) is 16.2. The molecule has 0 saturated carbocycles. The van der Waals surface area contributed by atoms with Gasteiger partial charge in [0, 0.05) is 73.7 Å². The predicted octanol–water partition coefficient (Wildman–Crippen LogP) is 2.83. The van der Waals surface area contributed by atoms with Crippen molar-refractivity contribution in [1.82, 2.24) is 9.47 Å². The van der Waals surface area contributed by atoms with Crippen molar-refractivity contribution in [3.05, 3.63) is 47.7 Å². The van der Waals surface area contributed by atoms with Crippen molar-refractivity contribution in [2.75, 3.05) is 20.2 Å². The number of nitrogens with zero attached hydrogens (tertiary/aromatic N) is 2. The molecular formula is C26H34N2O6. The van der Waals surface area contributed by atoms with Gasteiger partial charge in [0.2, 0.25) is 0 Å². The number of aromatic nitrogens is 1. The van der Waals surface area contributed by atoms with Gasteiger partial charge < -0.3 is 24.8 Å². The number of likely N-dealkylation sites (N-methyl/N-ethyl adjacent to an activating group) is 1. The zero-order valence-electron chi connectivity index (χ0n) is 20.0. The third-order valence-electron chi connectivity index (χ3n) is 7.18. The molecule has 4 rings (SSSR count). The summed E-state index contributed by atoms with van der Waals surface area (Å²) >= 11 is 0. The first-order valence-corrected chi connectivity index (χ1v) is 11.7. The van der Waals surface area contributed by atoms with E-state index in [1.807, 2.05) is 0 Å². The maximum atomic E-state index is 12.9. The van der Waals surface area contributed by atoms with Crippen LogP contribution in [-0.2, 0) is 27.9 Å². The number of piperidine rings is 1. The number of aliphatic carboxylic acids is 2. The number of aliphatic hydroxyl groups excluding tert-OH is 1. The summed E-state index contributed by atoms with van der Waals surface area (Å²) in [5.74, 6) is -1.55. The second-order valence-corrected chi connectivity index (χ2v) is 9.39. The van der Waals surface area contributed by atoms with Crippen molar-refractivity contribution in [2.24, 2.45) is 18.9 Å². The smallest absolute Gasteiger partial charge is 0.328 e. The Labute approximate surface area is 199 Å². The highest BCUT2D eigenvalue weighted by molar-refractivity contribution is 5.90. The van der Waals surface area contributed by atoms with E-state index in [2.05, 4.69) is 54.9 Å². The van der Waals surface area contributed by atoms with E-state index in [1.54, 1.807) is 0 Å². The second kappa shape index (κ2) is 11.0. The van der Waals surface area contributed by atoms with Crippen molar-refractivity contribution in [3.8, 4) is 0 Å². The van der Waals surface area contributed by atoms with Gasteiger partial charge in [-0.15, -0.1) is 0 Å². The van der Waals surface area contributed by atoms with Gasteiger partial charge in [0.1, 0.15) is 5.78 Å². The third kappa shape index (κ3) is 5.56. The normalized spacial score (nSPS) is 22.6. The molecule has 2 heterocycles. The van der Waals surface area contributed by atoms with E-state index in [0.717, 1.165) is 25.8 Å². The average molecular weight is 471 g/mol. The Hall–Kier alpha value is -2.97. The van der Waals surface area contributed by atoms with Crippen molar-refractivity contribution in [1.29, 1.82) is 0 Å². The fraction of sp³-hybridized carbons (Fsp3) is 0.500. The number of carbonyl (C=O) groups is 3. The maximum Gasteiger partial charge on any atom is 0.328 e. The monoisotopic (exact) mass is 470 g/mol. The van der Waals surface area contributed by atoms with Crippen LogP contribution in [0, 0.1) is 11.8 Å². The lowest BCUT2D eigenvalue weighted by atomic mass is 9.71. The number of rotatable bonds is 7. The zero-order valence-corrected chi connectivity index (χ0v) is 20.0. The summed E-state index contributed by atoms with van der Waals surface area (Å²) in [6, 6.07) is 7.12. The minimum Gasteiger partial charge on any atom is -0.478 e. The van der Waals surface area contributed by atoms with E-state index in [1.165, 1.54) is 22.0 Å². The van der Waals surface area contributed by atoms with Crippen LogP contribution in [0.3, 0.4) is 0 Å². The average Bonchev–Trinajstić information content (AvgIpc) is 3.13. The number of hydrogen-bond acceptors (Lipinski definition) is 5.